The van der Waals surface area contributed by atoms with E-state index in [1.807, 2.05) is 78.9 Å². The van der Waals surface area contributed by atoms with Crippen LogP contribution in [-0.4, -0.2) is 27.8 Å². The number of hydrogen-bond acceptors (Lipinski definition) is 3. The van der Waals surface area contributed by atoms with Gasteiger partial charge in [0.05, 0.1) is 24.5 Å². The monoisotopic (exact) mass is 375 g/mol. The van der Waals surface area contributed by atoms with Crippen molar-refractivity contribution in [3.05, 3.63) is 77.1 Å². The molecule has 1 amide bonds. The molecule has 0 fully saturated rings. The standard InChI is InChI=1S/C23H25N3O2/c1-16-13-17(2)26(24-16)14-18-9-11-19(12-10-18)22(27)25-15-23(3,4)28-21-8-6-5-7-20(21)25/h5-13H,14-15H2,1-4H3. The largest absolute Gasteiger partial charge is 0.484 e. The lowest BCUT2D eigenvalue weighted by Crippen LogP contribution is -2.49. The molecule has 0 N–H and O–H groups in total. The van der Waals surface area contributed by atoms with Gasteiger partial charge in [0.1, 0.15) is 11.4 Å². The number of hydrogen-bond donors (Lipinski definition) is 0. The zero-order valence-corrected chi connectivity index (χ0v) is 16.8. The highest BCUT2D eigenvalue weighted by Gasteiger charge is 2.35. The molecule has 0 aliphatic carbocycles. The van der Waals surface area contributed by atoms with Crippen LogP contribution in [0.1, 0.15) is 41.2 Å². The van der Waals surface area contributed by atoms with Crippen molar-refractivity contribution in [2.45, 2.75) is 39.8 Å². The third-order valence-electron chi connectivity index (χ3n) is 4.96. The summed E-state index contributed by atoms with van der Waals surface area (Å²) in [6.07, 6.45) is 0. The minimum Gasteiger partial charge on any atom is -0.484 e. The molecule has 0 radical (unpaired) electrons. The smallest absolute Gasteiger partial charge is 0.258 e. The maximum Gasteiger partial charge on any atom is 0.258 e. The topological polar surface area (TPSA) is 47.4 Å². The van der Waals surface area contributed by atoms with Crippen LogP contribution in [0.2, 0.25) is 0 Å². The molecule has 2 heterocycles. The number of fused-ring (bicyclic) bond motifs is 1. The number of anilines is 1. The van der Waals surface area contributed by atoms with Crippen LogP contribution >= 0.6 is 0 Å². The Labute approximate surface area is 165 Å². The van der Waals surface area contributed by atoms with Gasteiger partial charge < -0.3 is 9.64 Å². The van der Waals surface area contributed by atoms with E-state index in [1.165, 1.54) is 0 Å². The fraction of sp³-hybridized carbons (Fsp3) is 0.304. The summed E-state index contributed by atoms with van der Waals surface area (Å²) in [5.74, 6) is 0.731. The van der Waals surface area contributed by atoms with Crippen LogP contribution in [0.15, 0.2) is 54.6 Å². The van der Waals surface area contributed by atoms with Gasteiger partial charge in [-0.3, -0.25) is 9.48 Å². The van der Waals surface area contributed by atoms with Gasteiger partial charge in [0.15, 0.2) is 0 Å². The average Bonchev–Trinajstić information content (AvgIpc) is 2.97. The lowest BCUT2D eigenvalue weighted by molar-refractivity contribution is 0.0837. The summed E-state index contributed by atoms with van der Waals surface area (Å²) in [6, 6.07) is 17.6. The molecule has 0 bridgehead atoms. The maximum absolute atomic E-state index is 13.2. The second-order valence-electron chi connectivity index (χ2n) is 8.00. The van der Waals surface area contributed by atoms with Gasteiger partial charge in [0.25, 0.3) is 5.91 Å². The van der Waals surface area contributed by atoms with Crippen molar-refractivity contribution in [3.63, 3.8) is 0 Å². The number of amides is 1. The molecule has 144 valence electrons. The average molecular weight is 375 g/mol. The second kappa shape index (κ2) is 6.82. The molecule has 0 spiro atoms. The molecule has 1 aliphatic rings. The summed E-state index contributed by atoms with van der Waals surface area (Å²) in [4.78, 5) is 15.0. The Morgan fingerprint density at radius 1 is 1.11 bits per heavy atom. The van der Waals surface area contributed by atoms with Crippen molar-refractivity contribution in [3.8, 4) is 5.75 Å². The number of ether oxygens (including phenoxy) is 1. The quantitative estimate of drug-likeness (QED) is 0.683. The van der Waals surface area contributed by atoms with E-state index in [9.17, 15) is 4.79 Å². The molecule has 5 heteroatoms. The molecule has 4 rings (SSSR count). The summed E-state index contributed by atoms with van der Waals surface area (Å²) in [6.45, 7) is 9.25. The van der Waals surface area contributed by atoms with E-state index in [-0.39, 0.29) is 5.91 Å². The number of rotatable bonds is 3. The Bertz CT molecular complexity index is 1020. The molecule has 0 unspecified atom stereocenters. The molecule has 0 atom stereocenters. The van der Waals surface area contributed by atoms with Crippen LogP contribution in [-0.2, 0) is 6.54 Å². The van der Waals surface area contributed by atoms with Crippen molar-refractivity contribution < 1.29 is 9.53 Å². The molecule has 1 aromatic heterocycles. The van der Waals surface area contributed by atoms with Crippen molar-refractivity contribution >= 4 is 11.6 Å². The Hall–Kier alpha value is -3.08. The number of aromatic nitrogens is 2. The maximum atomic E-state index is 13.2. The first-order valence-electron chi connectivity index (χ1n) is 9.52. The highest BCUT2D eigenvalue weighted by Crippen LogP contribution is 2.37. The number of carbonyl (C=O) groups is 1. The molecule has 1 aliphatic heterocycles. The molecule has 28 heavy (non-hydrogen) atoms. The fourth-order valence-electron chi connectivity index (χ4n) is 3.66. The van der Waals surface area contributed by atoms with Crippen molar-refractivity contribution in [2.24, 2.45) is 0 Å². The lowest BCUT2D eigenvalue weighted by Gasteiger charge is -2.39. The minimum absolute atomic E-state index is 0.0125. The van der Waals surface area contributed by atoms with Crippen LogP contribution < -0.4 is 9.64 Å². The van der Waals surface area contributed by atoms with E-state index >= 15 is 0 Å². The zero-order valence-electron chi connectivity index (χ0n) is 16.8. The van der Waals surface area contributed by atoms with Crippen LogP contribution in [0.5, 0.6) is 5.75 Å². The van der Waals surface area contributed by atoms with E-state index in [2.05, 4.69) is 18.1 Å². The fourth-order valence-corrected chi connectivity index (χ4v) is 3.66. The molecular weight excluding hydrogens is 350 g/mol. The van der Waals surface area contributed by atoms with Gasteiger partial charge in [-0.15, -0.1) is 0 Å². The lowest BCUT2D eigenvalue weighted by atomic mass is 10.0. The number of carbonyl (C=O) groups excluding carboxylic acids is 1. The minimum atomic E-state index is -0.431. The Kier molecular flexibility index (Phi) is 4.46. The van der Waals surface area contributed by atoms with Crippen LogP contribution in [0.4, 0.5) is 5.69 Å². The number of aryl methyl sites for hydroxylation is 2. The number of para-hydroxylation sites is 2. The van der Waals surface area contributed by atoms with Gasteiger partial charge in [0.2, 0.25) is 0 Å². The number of nitrogens with zero attached hydrogens (tertiary/aromatic N) is 3. The molecule has 0 saturated carbocycles. The van der Waals surface area contributed by atoms with Gasteiger partial charge in [-0.05, 0) is 63.6 Å². The molecule has 5 nitrogen and oxygen atoms in total. The summed E-state index contributed by atoms with van der Waals surface area (Å²) in [7, 11) is 0. The first-order valence-corrected chi connectivity index (χ1v) is 9.52. The van der Waals surface area contributed by atoms with Crippen molar-refractivity contribution in [1.82, 2.24) is 9.78 Å². The van der Waals surface area contributed by atoms with Crippen molar-refractivity contribution in [2.75, 3.05) is 11.4 Å². The first-order chi connectivity index (χ1) is 13.3. The van der Waals surface area contributed by atoms with Gasteiger partial charge in [-0.25, -0.2) is 0 Å². The Balaban J connectivity index is 1.58. The van der Waals surface area contributed by atoms with Gasteiger partial charge >= 0.3 is 0 Å². The second-order valence-corrected chi connectivity index (χ2v) is 8.00. The summed E-state index contributed by atoms with van der Waals surface area (Å²) < 4.78 is 8.01. The SMILES string of the molecule is Cc1cc(C)n(Cc2ccc(C(=O)N3CC(C)(C)Oc4ccccc43)cc2)n1. The normalized spacial score (nSPS) is 15.1. The summed E-state index contributed by atoms with van der Waals surface area (Å²) >= 11 is 0. The Morgan fingerprint density at radius 3 is 2.50 bits per heavy atom. The van der Waals surface area contributed by atoms with Gasteiger partial charge in [0, 0.05) is 11.3 Å². The van der Waals surface area contributed by atoms with Crippen LogP contribution in [0.3, 0.4) is 0 Å². The van der Waals surface area contributed by atoms with E-state index in [1.54, 1.807) is 0 Å². The van der Waals surface area contributed by atoms with Gasteiger partial charge in [-0.2, -0.15) is 5.10 Å². The van der Waals surface area contributed by atoms with E-state index in [0.717, 1.165) is 28.4 Å². The highest BCUT2D eigenvalue weighted by molar-refractivity contribution is 6.07. The van der Waals surface area contributed by atoms with E-state index in [4.69, 9.17) is 4.74 Å². The van der Waals surface area contributed by atoms with E-state index < -0.39 is 5.60 Å². The zero-order chi connectivity index (χ0) is 19.9. The first kappa shape index (κ1) is 18.3. The van der Waals surface area contributed by atoms with Crippen LogP contribution in [0, 0.1) is 13.8 Å². The molecule has 2 aromatic carbocycles. The third-order valence-corrected chi connectivity index (χ3v) is 4.96. The summed E-state index contributed by atoms with van der Waals surface area (Å²) in [5, 5.41) is 4.51. The third kappa shape index (κ3) is 3.52. The van der Waals surface area contributed by atoms with Crippen LogP contribution in [0.25, 0.3) is 0 Å². The summed E-state index contributed by atoms with van der Waals surface area (Å²) in [5.41, 5.74) is 4.32. The predicted molar refractivity (Wildman–Crippen MR) is 110 cm³/mol. The number of benzene rings is 2. The highest BCUT2D eigenvalue weighted by atomic mass is 16.5. The molecular formula is C23H25N3O2. The Morgan fingerprint density at radius 2 is 1.82 bits per heavy atom. The van der Waals surface area contributed by atoms with Gasteiger partial charge in [-0.1, -0.05) is 24.3 Å². The molecule has 0 saturated heterocycles. The molecule has 3 aromatic rings. The predicted octanol–water partition coefficient (Wildman–Crippen LogP) is 4.37. The van der Waals surface area contributed by atoms with E-state index in [0.29, 0.717) is 18.7 Å². The van der Waals surface area contributed by atoms with Crippen molar-refractivity contribution in [1.29, 1.82) is 0 Å².